The van der Waals surface area contributed by atoms with Crippen molar-refractivity contribution in [3.8, 4) is 35.1 Å². The number of aromatic hydroxyl groups is 1. The summed E-state index contributed by atoms with van der Waals surface area (Å²) in [5.74, 6) is 0.993. The average Bonchev–Trinajstić information content (AvgIpc) is 3.06. The molecule has 0 bridgehead atoms. The van der Waals surface area contributed by atoms with Crippen LogP contribution in [0.3, 0.4) is 0 Å². The number of Topliss-reactive ketones (excluding diaryl/α,β-unsaturated/α-hetero) is 1. The predicted molar refractivity (Wildman–Crippen MR) is 107 cm³/mol. The van der Waals surface area contributed by atoms with Crippen LogP contribution in [0.25, 0.3) is 6.08 Å². The van der Waals surface area contributed by atoms with Crippen molar-refractivity contribution in [2.24, 2.45) is 0 Å². The average molecular weight is 405 g/mol. The van der Waals surface area contributed by atoms with E-state index in [2.05, 4.69) is 0 Å². The zero-order valence-corrected chi connectivity index (χ0v) is 16.5. The fourth-order valence-electron chi connectivity index (χ4n) is 3.13. The number of carbonyl (C=O) groups excluding carboxylic acids is 1. The molecule has 0 fully saturated rings. The van der Waals surface area contributed by atoms with Crippen molar-refractivity contribution < 1.29 is 24.1 Å². The van der Waals surface area contributed by atoms with Crippen LogP contribution < -0.4 is 14.2 Å². The Morgan fingerprint density at radius 3 is 2.43 bits per heavy atom. The number of hydrogen-bond acceptors (Lipinski definition) is 8. The Morgan fingerprint density at radius 2 is 1.80 bits per heavy atom. The Balaban J connectivity index is 1.96. The Hall–Kier alpha value is -4.01. The number of nitriles is 2. The molecule has 1 aliphatic rings. The van der Waals surface area contributed by atoms with Gasteiger partial charge in [-0.25, -0.2) is 0 Å². The fourth-order valence-corrected chi connectivity index (χ4v) is 3.13. The van der Waals surface area contributed by atoms with E-state index in [9.17, 15) is 9.90 Å². The van der Waals surface area contributed by atoms with Gasteiger partial charge in [-0.2, -0.15) is 10.5 Å². The minimum absolute atomic E-state index is 0.00104. The van der Waals surface area contributed by atoms with Crippen LogP contribution in [0.1, 0.15) is 21.5 Å². The summed E-state index contributed by atoms with van der Waals surface area (Å²) < 4.78 is 16.3. The van der Waals surface area contributed by atoms with E-state index in [0.717, 1.165) is 0 Å². The lowest BCUT2D eigenvalue weighted by Crippen LogP contribution is -2.24. The molecule has 1 aliphatic heterocycles. The first-order valence-electron chi connectivity index (χ1n) is 8.99. The third-order valence-electron chi connectivity index (χ3n) is 4.59. The second kappa shape index (κ2) is 8.99. The van der Waals surface area contributed by atoms with Gasteiger partial charge in [0, 0.05) is 6.54 Å². The number of carbonyl (C=O) groups is 1. The molecular formula is C22H19N3O5. The van der Waals surface area contributed by atoms with Crippen LogP contribution in [0.2, 0.25) is 0 Å². The number of hydrogen-bond donors (Lipinski definition) is 1. The van der Waals surface area contributed by atoms with Gasteiger partial charge in [0.25, 0.3) is 0 Å². The maximum absolute atomic E-state index is 12.8. The molecule has 0 amide bonds. The minimum Gasteiger partial charge on any atom is -0.507 e. The monoisotopic (exact) mass is 405 g/mol. The molecule has 1 heterocycles. The van der Waals surface area contributed by atoms with Crippen LogP contribution in [0.5, 0.6) is 23.0 Å². The molecule has 152 valence electrons. The van der Waals surface area contributed by atoms with Crippen LogP contribution in [0.4, 0.5) is 0 Å². The van der Waals surface area contributed by atoms with E-state index < -0.39 is 0 Å². The van der Waals surface area contributed by atoms with Crippen molar-refractivity contribution in [2.45, 2.75) is 6.54 Å². The van der Waals surface area contributed by atoms with Crippen LogP contribution in [-0.4, -0.2) is 43.1 Å². The van der Waals surface area contributed by atoms with Crippen molar-refractivity contribution in [1.29, 1.82) is 10.5 Å². The molecule has 0 aliphatic carbocycles. The minimum atomic E-state index is -0.326. The van der Waals surface area contributed by atoms with Crippen molar-refractivity contribution in [2.75, 3.05) is 27.3 Å². The number of ketones is 1. The Bertz CT molecular complexity index is 1080. The van der Waals surface area contributed by atoms with E-state index >= 15 is 0 Å². The molecule has 2 aromatic rings. The summed E-state index contributed by atoms with van der Waals surface area (Å²) in [4.78, 5) is 14.4. The highest BCUT2D eigenvalue weighted by Crippen LogP contribution is 2.40. The van der Waals surface area contributed by atoms with E-state index in [-0.39, 0.29) is 42.7 Å². The zero-order chi connectivity index (χ0) is 21.7. The van der Waals surface area contributed by atoms with Crippen molar-refractivity contribution in [1.82, 2.24) is 4.90 Å². The van der Waals surface area contributed by atoms with E-state index in [1.807, 2.05) is 12.1 Å². The Morgan fingerprint density at radius 1 is 1.10 bits per heavy atom. The number of allylic oxidation sites excluding steroid dienone is 1. The largest absolute Gasteiger partial charge is 0.507 e. The first kappa shape index (κ1) is 20.7. The maximum Gasteiger partial charge on any atom is 0.231 e. The lowest BCUT2D eigenvalue weighted by atomic mass is 10.0. The number of phenols is 1. The van der Waals surface area contributed by atoms with Gasteiger partial charge in [-0.3, -0.25) is 9.69 Å². The molecule has 0 aromatic heterocycles. The number of rotatable bonds is 7. The van der Waals surface area contributed by atoms with Gasteiger partial charge < -0.3 is 19.3 Å². The van der Waals surface area contributed by atoms with Gasteiger partial charge in [-0.05, 0) is 35.9 Å². The van der Waals surface area contributed by atoms with Crippen molar-refractivity contribution >= 4 is 11.9 Å². The Labute approximate surface area is 173 Å². The lowest BCUT2D eigenvalue weighted by molar-refractivity contribution is 0.101. The third kappa shape index (κ3) is 4.04. The van der Waals surface area contributed by atoms with Crippen molar-refractivity contribution in [3.05, 3.63) is 52.8 Å². The van der Waals surface area contributed by atoms with E-state index in [0.29, 0.717) is 28.2 Å². The molecule has 0 atom stereocenters. The van der Waals surface area contributed by atoms with Crippen LogP contribution in [0, 0.1) is 22.7 Å². The van der Waals surface area contributed by atoms with Gasteiger partial charge in [-0.1, -0.05) is 6.07 Å². The summed E-state index contributed by atoms with van der Waals surface area (Å²) in [6.45, 7) is 0.0882. The molecule has 0 radical (unpaired) electrons. The van der Waals surface area contributed by atoms with Gasteiger partial charge in [0.05, 0.1) is 50.6 Å². The van der Waals surface area contributed by atoms with Crippen LogP contribution in [-0.2, 0) is 6.54 Å². The highest BCUT2D eigenvalue weighted by Gasteiger charge is 2.31. The molecule has 3 rings (SSSR count). The summed E-state index contributed by atoms with van der Waals surface area (Å²) in [6, 6.07) is 12.1. The van der Waals surface area contributed by atoms with E-state index in [4.69, 9.17) is 24.7 Å². The third-order valence-corrected chi connectivity index (χ3v) is 4.59. The molecule has 8 nitrogen and oxygen atoms in total. The van der Waals surface area contributed by atoms with Gasteiger partial charge in [-0.15, -0.1) is 0 Å². The summed E-state index contributed by atoms with van der Waals surface area (Å²) in [6.07, 6.45) is 1.58. The first-order chi connectivity index (χ1) is 14.5. The number of benzene rings is 2. The molecule has 0 unspecified atom stereocenters. The number of ether oxygens (including phenoxy) is 3. The maximum atomic E-state index is 12.8. The smallest absolute Gasteiger partial charge is 0.231 e. The van der Waals surface area contributed by atoms with E-state index in [1.54, 1.807) is 29.2 Å². The molecule has 30 heavy (non-hydrogen) atoms. The number of nitrogens with zero attached hydrogens (tertiary/aromatic N) is 3. The molecule has 0 spiro atoms. The lowest BCUT2D eigenvalue weighted by Gasteiger charge is -2.17. The summed E-state index contributed by atoms with van der Waals surface area (Å²) in [5.41, 5.74) is 1.33. The highest BCUT2D eigenvalue weighted by atomic mass is 16.5. The SMILES string of the molecule is COc1ccc(/C=C2/Oc3c(ccc(O)c3CN(CC#N)CC#N)C2=O)cc1OC. The van der Waals surface area contributed by atoms with Gasteiger partial charge >= 0.3 is 0 Å². The number of phenolic OH excluding ortho intramolecular Hbond substituents is 1. The molecule has 8 heteroatoms. The van der Waals surface area contributed by atoms with Crippen LogP contribution >= 0.6 is 0 Å². The molecular weight excluding hydrogens is 386 g/mol. The quantitative estimate of drug-likeness (QED) is 0.552. The molecule has 2 aromatic carbocycles. The first-order valence-corrected chi connectivity index (χ1v) is 8.99. The second-order valence-electron chi connectivity index (χ2n) is 6.46. The summed E-state index contributed by atoms with van der Waals surface area (Å²) in [7, 11) is 3.05. The predicted octanol–water partition coefficient (Wildman–Crippen LogP) is 2.87. The topological polar surface area (TPSA) is 116 Å². The molecule has 1 N–H and O–H groups in total. The summed E-state index contributed by atoms with van der Waals surface area (Å²) in [5, 5.41) is 28.2. The number of fused-ring (bicyclic) bond motifs is 1. The normalized spacial score (nSPS) is 13.5. The standard InChI is InChI=1S/C22H19N3O5/c1-28-18-6-3-14(11-19(18)29-2)12-20-21(27)15-4-5-17(26)16(22(15)30-20)13-25(9-7-23)10-8-24/h3-6,11-12,26H,9-10,13H2,1-2H3/b20-12+. The van der Waals surface area contributed by atoms with Crippen LogP contribution in [0.15, 0.2) is 36.1 Å². The zero-order valence-electron chi connectivity index (χ0n) is 16.5. The van der Waals surface area contributed by atoms with Gasteiger partial charge in [0.15, 0.2) is 17.3 Å². The van der Waals surface area contributed by atoms with E-state index in [1.165, 1.54) is 26.4 Å². The number of methoxy groups -OCH3 is 2. The summed E-state index contributed by atoms with van der Waals surface area (Å²) >= 11 is 0. The van der Waals surface area contributed by atoms with Crippen molar-refractivity contribution in [3.63, 3.8) is 0 Å². The highest BCUT2D eigenvalue weighted by molar-refractivity contribution is 6.15. The Kier molecular flexibility index (Phi) is 6.21. The second-order valence-corrected chi connectivity index (χ2v) is 6.46. The fraction of sp³-hybridized carbons (Fsp3) is 0.227. The van der Waals surface area contributed by atoms with Gasteiger partial charge in [0.1, 0.15) is 11.5 Å². The molecule has 0 saturated heterocycles. The van der Waals surface area contributed by atoms with Gasteiger partial charge in [0.2, 0.25) is 5.78 Å². The molecule has 0 saturated carbocycles.